The molecule has 2 heterocycles. The number of nitrogens with zero attached hydrogens (tertiary/aromatic N) is 1. The lowest BCUT2D eigenvalue weighted by Crippen LogP contribution is -2.45. The van der Waals surface area contributed by atoms with Crippen molar-refractivity contribution in [3.8, 4) is 0 Å². The summed E-state index contributed by atoms with van der Waals surface area (Å²) in [5.41, 5.74) is 2.52. The van der Waals surface area contributed by atoms with Crippen molar-refractivity contribution in [2.45, 2.75) is 44.7 Å². The molecule has 2 fully saturated rings. The first-order chi connectivity index (χ1) is 11.1. The normalized spacial score (nSPS) is 27.0. The number of carbonyl (C=O) groups excluding carboxylic acids is 1. The third-order valence-corrected chi connectivity index (χ3v) is 5.26. The van der Waals surface area contributed by atoms with Gasteiger partial charge in [0.1, 0.15) is 12.1 Å². The van der Waals surface area contributed by atoms with Crippen molar-refractivity contribution in [1.29, 1.82) is 0 Å². The SMILES string of the molecule is C=C(NCC1CC2CCC(C1)N2CC=O)c1cc(C)cc(F)c1. The molecule has 2 atom stereocenters. The number of fused-ring (bicyclic) bond motifs is 2. The first kappa shape index (κ1) is 16.2. The zero-order valence-electron chi connectivity index (χ0n) is 13.7. The summed E-state index contributed by atoms with van der Waals surface area (Å²) in [6.45, 7) is 7.39. The average molecular weight is 316 g/mol. The van der Waals surface area contributed by atoms with Crippen LogP contribution in [0.1, 0.15) is 36.8 Å². The zero-order valence-corrected chi connectivity index (χ0v) is 13.7. The topological polar surface area (TPSA) is 32.3 Å². The minimum atomic E-state index is -0.219. The first-order valence-electron chi connectivity index (χ1n) is 8.46. The van der Waals surface area contributed by atoms with Crippen LogP contribution < -0.4 is 5.32 Å². The Kier molecular flexibility index (Phi) is 4.81. The smallest absolute Gasteiger partial charge is 0.134 e. The molecule has 0 radical (unpaired) electrons. The number of aryl methyl sites for hydroxylation is 1. The van der Waals surface area contributed by atoms with E-state index in [-0.39, 0.29) is 5.82 Å². The van der Waals surface area contributed by atoms with Crippen LogP contribution in [-0.2, 0) is 4.79 Å². The second-order valence-electron chi connectivity index (χ2n) is 6.96. The van der Waals surface area contributed by atoms with Crippen LogP contribution in [0.4, 0.5) is 4.39 Å². The highest BCUT2D eigenvalue weighted by molar-refractivity contribution is 5.62. The number of benzene rings is 1. The van der Waals surface area contributed by atoms with Gasteiger partial charge in [0.25, 0.3) is 0 Å². The van der Waals surface area contributed by atoms with E-state index in [4.69, 9.17) is 0 Å². The lowest BCUT2D eigenvalue weighted by atomic mass is 9.90. The second-order valence-corrected chi connectivity index (χ2v) is 6.96. The highest BCUT2D eigenvalue weighted by atomic mass is 19.1. The lowest BCUT2D eigenvalue weighted by Gasteiger charge is -2.38. The van der Waals surface area contributed by atoms with Gasteiger partial charge in [0, 0.05) is 29.9 Å². The number of aldehydes is 1. The fourth-order valence-electron chi connectivity index (χ4n) is 4.22. The fourth-order valence-corrected chi connectivity index (χ4v) is 4.22. The van der Waals surface area contributed by atoms with E-state index in [2.05, 4.69) is 16.8 Å². The van der Waals surface area contributed by atoms with E-state index in [1.165, 1.54) is 25.0 Å². The number of rotatable bonds is 6. The summed E-state index contributed by atoms with van der Waals surface area (Å²) < 4.78 is 13.5. The fraction of sp³-hybridized carbons (Fsp3) is 0.526. The van der Waals surface area contributed by atoms with E-state index in [0.717, 1.165) is 42.5 Å². The van der Waals surface area contributed by atoms with Gasteiger partial charge in [-0.25, -0.2) is 4.39 Å². The van der Waals surface area contributed by atoms with Crippen LogP contribution in [0, 0.1) is 18.7 Å². The van der Waals surface area contributed by atoms with E-state index < -0.39 is 0 Å². The van der Waals surface area contributed by atoms with Crippen LogP contribution in [0.5, 0.6) is 0 Å². The van der Waals surface area contributed by atoms with Gasteiger partial charge in [-0.05, 0) is 62.3 Å². The molecule has 2 saturated heterocycles. The molecule has 2 aliphatic heterocycles. The van der Waals surface area contributed by atoms with E-state index in [0.29, 0.717) is 24.5 Å². The molecular formula is C19H25FN2O. The predicted molar refractivity (Wildman–Crippen MR) is 90.5 cm³/mol. The molecule has 0 amide bonds. The Hall–Kier alpha value is -1.68. The molecule has 124 valence electrons. The summed E-state index contributed by atoms with van der Waals surface area (Å²) >= 11 is 0. The Labute approximate surface area is 137 Å². The minimum Gasteiger partial charge on any atom is -0.385 e. The maximum Gasteiger partial charge on any atom is 0.134 e. The van der Waals surface area contributed by atoms with Gasteiger partial charge in [-0.2, -0.15) is 0 Å². The van der Waals surface area contributed by atoms with Crippen LogP contribution in [0.15, 0.2) is 24.8 Å². The Bertz CT molecular complexity index is 567. The standard InChI is InChI=1S/C19H25FN2O/c1-13-7-16(11-17(20)8-13)14(2)21-12-15-9-18-3-4-19(10-15)22(18)5-6-23/h6-8,11,15,18-19,21H,2-5,9-10,12H2,1H3. The highest BCUT2D eigenvalue weighted by Crippen LogP contribution is 2.38. The molecule has 23 heavy (non-hydrogen) atoms. The summed E-state index contributed by atoms with van der Waals surface area (Å²) in [6.07, 6.45) is 5.70. The van der Waals surface area contributed by atoms with Gasteiger partial charge in [-0.1, -0.05) is 6.58 Å². The second kappa shape index (κ2) is 6.83. The van der Waals surface area contributed by atoms with Crippen molar-refractivity contribution in [1.82, 2.24) is 10.2 Å². The summed E-state index contributed by atoms with van der Waals surface area (Å²) in [5, 5.41) is 3.39. The largest absolute Gasteiger partial charge is 0.385 e. The molecule has 1 N–H and O–H groups in total. The molecule has 0 spiro atoms. The molecule has 3 rings (SSSR count). The molecule has 2 unspecified atom stereocenters. The van der Waals surface area contributed by atoms with Gasteiger partial charge in [0.15, 0.2) is 0 Å². The summed E-state index contributed by atoms with van der Waals surface area (Å²) in [7, 11) is 0. The van der Waals surface area contributed by atoms with Crippen molar-refractivity contribution in [3.63, 3.8) is 0 Å². The Balaban J connectivity index is 1.55. The van der Waals surface area contributed by atoms with E-state index in [9.17, 15) is 9.18 Å². The number of nitrogens with one attached hydrogen (secondary N) is 1. The van der Waals surface area contributed by atoms with Crippen LogP contribution in [0.3, 0.4) is 0 Å². The summed E-state index contributed by atoms with van der Waals surface area (Å²) in [6, 6.07) is 6.11. The first-order valence-corrected chi connectivity index (χ1v) is 8.46. The molecule has 4 heteroatoms. The zero-order chi connectivity index (χ0) is 16.4. The molecule has 0 aliphatic carbocycles. The molecule has 0 saturated carbocycles. The Morgan fingerprint density at radius 2 is 2.04 bits per heavy atom. The number of halogens is 1. The summed E-state index contributed by atoms with van der Waals surface area (Å²) in [5.74, 6) is 0.380. The van der Waals surface area contributed by atoms with Gasteiger partial charge in [-0.15, -0.1) is 0 Å². The van der Waals surface area contributed by atoms with Crippen molar-refractivity contribution >= 4 is 12.0 Å². The summed E-state index contributed by atoms with van der Waals surface area (Å²) in [4.78, 5) is 13.2. The molecule has 0 aromatic heterocycles. The number of piperidine rings is 1. The third kappa shape index (κ3) is 3.63. The number of hydrogen-bond acceptors (Lipinski definition) is 3. The average Bonchev–Trinajstić information content (AvgIpc) is 2.75. The van der Waals surface area contributed by atoms with E-state index in [1.807, 2.05) is 13.0 Å². The predicted octanol–water partition coefficient (Wildman–Crippen LogP) is 3.14. The van der Waals surface area contributed by atoms with Crippen molar-refractivity contribution in [2.75, 3.05) is 13.1 Å². The minimum absolute atomic E-state index is 0.219. The van der Waals surface area contributed by atoms with Crippen molar-refractivity contribution in [3.05, 3.63) is 41.7 Å². The number of carbonyl (C=O) groups is 1. The lowest BCUT2D eigenvalue weighted by molar-refractivity contribution is -0.110. The van der Waals surface area contributed by atoms with Crippen LogP contribution >= 0.6 is 0 Å². The molecule has 3 nitrogen and oxygen atoms in total. The van der Waals surface area contributed by atoms with Gasteiger partial charge in [0.05, 0.1) is 6.54 Å². The van der Waals surface area contributed by atoms with E-state index in [1.54, 1.807) is 0 Å². The van der Waals surface area contributed by atoms with Crippen molar-refractivity contribution in [2.24, 2.45) is 5.92 Å². The van der Waals surface area contributed by atoms with E-state index >= 15 is 0 Å². The van der Waals surface area contributed by atoms with Gasteiger partial charge < -0.3 is 10.1 Å². The van der Waals surface area contributed by atoms with Crippen molar-refractivity contribution < 1.29 is 9.18 Å². The maximum absolute atomic E-state index is 13.5. The molecule has 1 aromatic rings. The van der Waals surface area contributed by atoms with Crippen LogP contribution in [0.2, 0.25) is 0 Å². The van der Waals surface area contributed by atoms with Crippen LogP contribution in [0.25, 0.3) is 5.70 Å². The Morgan fingerprint density at radius 3 is 2.65 bits per heavy atom. The molecule has 2 bridgehead atoms. The number of hydrogen-bond donors (Lipinski definition) is 1. The third-order valence-electron chi connectivity index (χ3n) is 5.26. The van der Waals surface area contributed by atoms with Gasteiger partial charge >= 0.3 is 0 Å². The monoisotopic (exact) mass is 316 g/mol. The Morgan fingerprint density at radius 1 is 1.35 bits per heavy atom. The molecular weight excluding hydrogens is 291 g/mol. The van der Waals surface area contributed by atoms with Gasteiger partial charge in [0.2, 0.25) is 0 Å². The quantitative estimate of drug-likeness (QED) is 0.818. The molecule has 2 aliphatic rings. The molecule has 1 aromatic carbocycles. The van der Waals surface area contributed by atoms with Gasteiger partial charge in [-0.3, -0.25) is 4.90 Å². The highest BCUT2D eigenvalue weighted by Gasteiger charge is 2.40. The van der Waals surface area contributed by atoms with Crippen LogP contribution in [-0.4, -0.2) is 36.4 Å². The maximum atomic E-state index is 13.5.